The lowest BCUT2D eigenvalue weighted by molar-refractivity contribution is -0.117. The highest BCUT2D eigenvalue weighted by atomic mass is 16.5. The zero-order valence-corrected chi connectivity index (χ0v) is 11.2. The van der Waals surface area contributed by atoms with E-state index >= 15 is 0 Å². The van der Waals surface area contributed by atoms with Gasteiger partial charge in [-0.05, 0) is 26.0 Å². The van der Waals surface area contributed by atoms with Crippen LogP contribution in [0.2, 0.25) is 0 Å². The number of ether oxygens (including phenoxy) is 1. The minimum Gasteiger partial charge on any atom is -0.494 e. The molecule has 0 aliphatic heterocycles. The Kier molecular flexibility index (Phi) is 4.16. The van der Waals surface area contributed by atoms with Crippen LogP contribution in [0.1, 0.15) is 26.1 Å². The molecule has 1 aromatic heterocycles. The largest absolute Gasteiger partial charge is 0.494 e. The van der Waals surface area contributed by atoms with Gasteiger partial charge in [-0.1, -0.05) is 0 Å². The highest BCUT2D eigenvalue weighted by Gasteiger charge is 2.11. The zero-order valence-electron chi connectivity index (χ0n) is 11.2. The Bertz CT molecular complexity index is 590. The fourth-order valence-electron chi connectivity index (χ4n) is 2.06. The molecule has 5 nitrogen and oxygen atoms in total. The standard InChI is InChI=1S/C14H18N2O3/c1-3-19-11-4-5-13-12(8-11)15-14(9-17)16(13)7-6-10(2)18/h4-5,8,17H,3,6-7,9H2,1-2H3. The van der Waals surface area contributed by atoms with E-state index in [-0.39, 0.29) is 12.4 Å². The SMILES string of the molecule is CCOc1ccc2c(c1)nc(CO)n2CCC(C)=O. The van der Waals surface area contributed by atoms with Crippen molar-refractivity contribution in [3.05, 3.63) is 24.0 Å². The van der Waals surface area contributed by atoms with Crippen LogP contribution in [0.4, 0.5) is 0 Å². The number of aromatic nitrogens is 2. The first kappa shape index (κ1) is 13.5. The fourth-order valence-corrected chi connectivity index (χ4v) is 2.06. The van der Waals surface area contributed by atoms with Crippen molar-refractivity contribution in [2.75, 3.05) is 6.61 Å². The Morgan fingerprint density at radius 3 is 2.89 bits per heavy atom. The molecule has 0 saturated heterocycles. The Balaban J connectivity index is 2.40. The number of aliphatic hydroxyl groups excluding tert-OH is 1. The van der Waals surface area contributed by atoms with E-state index in [9.17, 15) is 9.90 Å². The maximum absolute atomic E-state index is 11.1. The fraction of sp³-hybridized carbons (Fsp3) is 0.429. The third kappa shape index (κ3) is 2.93. The quantitative estimate of drug-likeness (QED) is 0.863. The van der Waals surface area contributed by atoms with Gasteiger partial charge in [-0.25, -0.2) is 4.98 Å². The van der Waals surface area contributed by atoms with Gasteiger partial charge in [0.1, 0.15) is 24.0 Å². The summed E-state index contributed by atoms with van der Waals surface area (Å²) < 4.78 is 7.31. The first-order valence-corrected chi connectivity index (χ1v) is 6.38. The van der Waals surface area contributed by atoms with Gasteiger partial charge in [-0.15, -0.1) is 0 Å². The van der Waals surface area contributed by atoms with Gasteiger partial charge < -0.3 is 14.4 Å². The summed E-state index contributed by atoms with van der Waals surface area (Å²) in [6.45, 7) is 4.48. The van der Waals surface area contributed by atoms with E-state index in [1.54, 1.807) is 6.92 Å². The average Bonchev–Trinajstić information content (AvgIpc) is 2.73. The summed E-state index contributed by atoms with van der Waals surface area (Å²) in [5.74, 6) is 1.46. The van der Waals surface area contributed by atoms with Gasteiger partial charge in [0.15, 0.2) is 0 Å². The number of benzene rings is 1. The number of carbonyl (C=O) groups excluding carboxylic acids is 1. The van der Waals surface area contributed by atoms with E-state index in [2.05, 4.69) is 4.98 Å². The van der Waals surface area contributed by atoms with Crippen molar-refractivity contribution in [3.63, 3.8) is 0 Å². The van der Waals surface area contributed by atoms with E-state index in [0.717, 1.165) is 16.8 Å². The number of Topliss-reactive ketones (excluding diaryl/α,β-unsaturated/α-hetero) is 1. The lowest BCUT2D eigenvalue weighted by Gasteiger charge is -2.06. The van der Waals surface area contributed by atoms with Gasteiger partial charge in [0.25, 0.3) is 0 Å². The summed E-state index contributed by atoms with van der Waals surface area (Å²) in [5.41, 5.74) is 1.69. The highest BCUT2D eigenvalue weighted by molar-refractivity contribution is 5.79. The second-order valence-corrected chi connectivity index (χ2v) is 4.37. The molecule has 0 radical (unpaired) electrons. The molecule has 0 aliphatic carbocycles. The molecule has 1 aromatic carbocycles. The van der Waals surface area contributed by atoms with Crippen LogP contribution in [0.25, 0.3) is 11.0 Å². The Morgan fingerprint density at radius 1 is 1.47 bits per heavy atom. The van der Waals surface area contributed by atoms with E-state index in [0.29, 0.717) is 25.4 Å². The van der Waals surface area contributed by atoms with Crippen molar-refractivity contribution >= 4 is 16.8 Å². The van der Waals surface area contributed by atoms with Crippen molar-refractivity contribution in [2.24, 2.45) is 0 Å². The van der Waals surface area contributed by atoms with Crippen LogP contribution in [0, 0.1) is 0 Å². The summed E-state index contributed by atoms with van der Waals surface area (Å²) in [4.78, 5) is 15.5. The number of carbonyl (C=O) groups is 1. The molecule has 2 aromatic rings. The lowest BCUT2D eigenvalue weighted by Crippen LogP contribution is -2.06. The number of imidazole rings is 1. The van der Waals surface area contributed by atoms with Crippen LogP contribution in [-0.4, -0.2) is 27.0 Å². The Morgan fingerprint density at radius 2 is 2.26 bits per heavy atom. The molecule has 0 unspecified atom stereocenters. The lowest BCUT2D eigenvalue weighted by atomic mass is 10.2. The molecule has 0 amide bonds. The summed E-state index contributed by atoms with van der Waals surface area (Å²) >= 11 is 0. The van der Waals surface area contributed by atoms with E-state index in [4.69, 9.17) is 4.74 Å². The molecule has 2 rings (SSSR count). The molecule has 1 heterocycles. The number of aliphatic hydroxyl groups is 1. The van der Waals surface area contributed by atoms with Gasteiger partial charge in [0.2, 0.25) is 0 Å². The van der Waals surface area contributed by atoms with E-state index < -0.39 is 0 Å². The third-order valence-electron chi connectivity index (χ3n) is 2.94. The van der Waals surface area contributed by atoms with Gasteiger partial charge in [-0.2, -0.15) is 0 Å². The van der Waals surface area contributed by atoms with Crippen molar-refractivity contribution < 1.29 is 14.6 Å². The summed E-state index contributed by atoms with van der Waals surface area (Å²) in [7, 11) is 0. The number of aryl methyl sites for hydroxylation is 1. The predicted molar refractivity (Wildman–Crippen MR) is 72.1 cm³/mol. The molecule has 0 aliphatic rings. The summed E-state index contributed by atoms with van der Waals surface area (Å²) in [5, 5.41) is 9.36. The van der Waals surface area contributed by atoms with Gasteiger partial charge >= 0.3 is 0 Å². The third-order valence-corrected chi connectivity index (χ3v) is 2.94. The molecule has 102 valence electrons. The Labute approximate surface area is 111 Å². The van der Waals surface area contributed by atoms with Crippen LogP contribution >= 0.6 is 0 Å². The van der Waals surface area contributed by atoms with Crippen LogP contribution < -0.4 is 4.74 Å². The van der Waals surface area contributed by atoms with Crippen LogP contribution in [0.15, 0.2) is 18.2 Å². The molecular weight excluding hydrogens is 244 g/mol. The van der Waals surface area contributed by atoms with Crippen LogP contribution in [-0.2, 0) is 17.9 Å². The maximum Gasteiger partial charge on any atom is 0.135 e. The summed E-state index contributed by atoms with van der Waals surface area (Å²) in [6.07, 6.45) is 0.436. The normalized spacial score (nSPS) is 10.9. The van der Waals surface area contributed by atoms with Crippen LogP contribution in [0.5, 0.6) is 5.75 Å². The first-order chi connectivity index (χ1) is 9.15. The molecule has 19 heavy (non-hydrogen) atoms. The molecule has 0 atom stereocenters. The zero-order chi connectivity index (χ0) is 13.8. The molecule has 0 saturated carbocycles. The van der Waals surface area contributed by atoms with Gasteiger partial charge in [0.05, 0.1) is 17.6 Å². The number of ketones is 1. The van der Waals surface area contributed by atoms with Crippen LogP contribution in [0.3, 0.4) is 0 Å². The van der Waals surface area contributed by atoms with Crippen molar-refractivity contribution in [1.29, 1.82) is 0 Å². The minimum atomic E-state index is -0.142. The van der Waals surface area contributed by atoms with Crippen molar-refractivity contribution in [1.82, 2.24) is 9.55 Å². The van der Waals surface area contributed by atoms with Crippen molar-refractivity contribution in [3.8, 4) is 5.75 Å². The van der Waals surface area contributed by atoms with Gasteiger partial charge in [-0.3, -0.25) is 4.79 Å². The monoisotopic (exact) mass is 262 g/mol. The first-order valence-electron chi connectivity index (χ1n) is 6.38. The molecule has 1 N–H and O–H groups in total. The molecule has 0 bridgehead atoms. The second kappa shape index (κ2) is 5.84. The predicted octanol–water partition coefficient (Wildman–Crippen LogP) is 1.91. The molecular formula is C14H18N2O3. The maximum atomic E-state index is 11.1. The van der Waals surface area contributed by atoms with Gasteiger partial charge in [0, 0.05) is 19.0 Å². The average molecular weight is 262 g/mol. The molecule has 0 fully saturated rings. The smallest absolute Gasteiger partial charge is 0.135 e. The number of hydrogen-bond acceptors (Lipinski definition) is 4. The van der Waals surface area contributed by atoms with Crippen molar-refractivity contribution in [2.45, 2.75) is 33.4 Å². The topological polar surface area (TPSA) is 64.3 Å². The summed E-state index contributed by atoms with van der Waals surface area (Å²) in [6, 6.07) is 5.63. The van der Waals surface area contributed by atoms with E-state index in [1.807, 2.05) is 29.7 Å². The molecule has 0 spiro atoms. The highest BCUT2D eigenvalue weighted by Crippen LogP contribution is 2.22. The molecule has 5 heteroatoms. The Hall–Kier alpha value is -1.88. The number of rotatable bonds is 6. The minimum absolute atomic E-state index is 0.122. The number of fused-ring (bicyclic) bond motifs is 1. The number of nitrogens with zero attached hydrogens (tertiary/aromatic N) is 2. The second-order valence-electron chi connectivity index (χ2n) is 4.37. The number of hydrogen-bond donors (Lipinski definition) is 1. The van der Waals surface area contributed by atoms with E-state index in [1.165, 1.54) is 0 Å².